The highest BCUT2D eigenvalue weighted by atomic mass is 16.6. The molecule has 0 radical (unpaired) electrons. The van der Waals surface area contributed by atoms with Crippen LogP contribution in [-0.4, -0.2) is 36.4 Å². The number of esters is 2. The maximum atomic E-state index is 12.3. The second-order valence-corrected chi connectivity index (χ2v) is 19.0. The number of carbonyl (C=O) groups is 2. The van der Waals surface area contributed by atoms with Crippen LogP contribution in [0.1, 0.15) is 271 Å². The van der Waals surface area contributed by atoms with Gasteiger partial charge >= 0.3 is 11.9 Å². The summed E-state index contributed by atoms with van der Waals surface area (Å²) in [6.07, 6.45) is 82.6. The van der Waals surface area contributed by atoms with Crippen LogP contribution in [0, 0.1) is 0 Å². The molecule has 0 spiro atoms. The van der Waals surface area contributed by atoms with Crippen LogP contribution in [0.2, 0.25) is 0 Å². The average Bonchev–Trinajstić information content (AvgIpc) is 3.34. The summed E-state index contributed by atoms with van der Waals surface area (Å²) in [5.41, 5.74) is 0. The van der Waals surface area contributed by atoms with Crippen LogP contribution < -0.4 is 0 Å². The molecule has 0 aliphatic heterocycles. The maximum Gasteiger partial charge on any atom is 0.306 e. The fourth-order valence-electron chi connectivity index (χ4n) is 8.06. The quantitative estimate of drug-likeness (QED) is 0.0374. The highest BCUT2D eigenvalue weighted by Crippen LogP contribution is 2.16. The first kappa shape index (κ1) is 64.8. The van der Waals surface area contributed by atoms with Crippen molar-refractivity contribution >= 4 is 11.9 Å². The Kier molecular flexibility index (Phi) is 55.4. The van der Waals surface area contributed by atoms with Gasteiger partial charge in [-0.1, -0.05) is 259 Å². The Morgan fingerprint density at radius 2 is 0.632 bits per heavy atom. The van der Waals surface area contributed by atoms with Gasteiger partial charge in [0.05, 0.1) is 6.61 Å². The Balaban J connectivity index is 3.45. The number of hydrogen-bond donors (Lipinski definition) is 1. The molecule has 5 nitrogen and oxygen atoms in total. The summed E-state index contributed by atoms with van der Waals surface area (Å²) in [5, 5.41) is 9.62. The average molecular weight is 946 g/mol. The summed E-state index contributed by atoms with van der Waals surface area (Å²) >= 11 is 0. The Bertz CT molecular complexity index is 1300. The van der Waals surface area contributed by atoms with Crippen LogP contribution in [-0.2, 0) is 19.1 Å². The molecular formula is C63H108O5. The third kappa shape index (κ3) is 55.4. The minimum absolute atomic E-state index is 0.0699. The summed E-state index contributed by atoms with van der Waals surface area (Å²) in [5.74, 6) is -0.595. The van der Waals surface area contributed by atoms with Gasteiger partial charge in [-0.2, -0.15) is 0 Å². The Morgan fingerprint density at radius 1 is 0.353 bits per heavy atom. The van der Waals surface area contributed by atoms with Gasteiger partial charge in [0.25, 0.3) is 0 Å². The van der Waals surface area contributed by atoms with Gasteiger partial charge < -0.3 is 14.6 Å². The molecule has 0 aromatic rings. The molecule has 0 heterocycles. The van der Waals surface area contributed by atoms with Gasteiger partial charge in [0.2, 0.25) is 0 Å². The third-order valence-corrected chi connectivity index (χ3v) is 12.4. The number of rotatable bonds is 52. The molecule has 0 rings (SSSR count). The molecule has 0 aliphatic carbocycles. The molecule has 0 amide bonds. The summed E-state index contributed by atoms with van der Waals surface area (Å²) in [6, 6.07) is 0. The van der Waals surface area contributed by atoms with Gasteiger partial charge in [-0.25, -0.2) is 0 Å². The minimum atomic E-state index is -0.776. The zero-order chi connectivity index (χ0) is 49.2. The van der Waals surface area contributed by atoms with Crippen molar-refractivity contribution in [1.82, 2.24) is 0 Å². The predicted molar refractivity (Wildman–Crippen MR) is 297 cm³/mol. The fraction of sp³-hybridized carbons (Fsp3) is 0.714. The van der Waals surface area contributed by atoms with E-state index in [0.29, 0.717) is 12.8 Å². The summed E-state index contributed by atoms with van der Waals surface area (Å²) < 4.78 is 10.7. The summed E-state index contributed by atoms with van der Waals surface area (Å²) in [6.45, 7) is 4.01. The van der Waals surface area contributed by atoms with Crippen LogP contribution >= 0.6 is 0 Å². The fourth-order valence-corrected chi connectivity index (χ4v) is 8.06. The van der Waals surface area contributed by atoms with Crippen LogP contribution in [0.3, 0.4) is 0 Å². The molecule has 0 aromatic carbocycles. The second-order valence-electron chi connectivity index (χ2n) is 19.0. The SMILES string of the molecule is CC/C=C\C/C=C\C/C=C\C/C=C\C/C=C\C/C=C\C/C=C\CCCCCCCCCCCCCCCCCCCCCC(=O)OC(CO)COC(=O)CCCCCCC/C=C\CCCCCC. The molecule has 0 bridgehead atoms. The first-order chi connectivity index (χ1) is 33.6. The molecule has 5 heteroatoms. The number of carbonyl (C=O) groups excluding carboxylic acids is 2. The predicted octanol–water partition coefficient (Wildman–Crippen LogP) is 19.5. The molecule has 0 saturated carbocycles. The van der Waals surface area contributed by atoms with E-state index >= 15 is 0 Å². The molecule has 1 N–H and O–H groups in total. The Hall–Kier alpha value is -3.18. The lowest BCUT2D eigenvalue weighted by atomic mass is 10.0. The van der Waals surface area contributed by atoms with Crippen molar-refractivity contribution in [2.75, 3.05) is 13.2 Å². The number of ether oxygens (including phenoxy) is 2. The monoisotopic (exact) mass is 945 g/mol. The number of aliphatic hydroxyl groups is 1. The molecule has 0 aromatic heterocycles. The van der Waals surface area contributed by atoms with E-state index in [0.717, 1.165) is 89.9 Å². The molecule has 1 atom stereocenters. The van der Waals surface area contributed by atoms with E-state index in [9.17, 15) is 14.7 Å². The molecular weight excluding hydrogens is 837 g/mol. The van der Waals surface area contributed by atoms with Crippen molar-refractivity contribution in [2.45, 2.75) is 277 Å². The molecule has 0 saturated heterocycles. The van der Waals surface area contributed by atoms with Gasteiger partial charge in [-0.3, -0.25) is 9.59 Å². The highest BCUT2D eigenvalue weighted by molar-refractivity contribution is 5.70. The van der Waals surface area contributed by atoms with Crippen molar-refractivity contribution in [3.8, 4) is 0 Å². The topological polar surface area (TPSA) is 72.8 Å². The lowest BCUT2D eigenvalue weighted by Gasteiger charge is -2.15. The van der Waals surface area contributed by atoms with Crippen LogP contribution in [0.15, 0.2) is 97.2 Å². The van der Waals surface area contributed by atoms with Gasteiger partial charge in [0.15, 0.2) is 6.10 Å². The number of hydrogen-bond acceptors (Lipinski definition) is 5. The lowest BCUT2D eigenvalue weighted by molar-refractivity contribution is -0.161. The number of unbranched alkanes of at least 4 members (excludes halogenated alkanes) is 28. The van der Waals surface area contributed by atoms with Gasteiger partial charge in [-0.15, -0.1) is 0 Å². The van der Waals surface area contributed by atoms with E-state index in [4.69, 9.17) is 9.47 Å². The second kappa shape index (κ2) is 58.1. The maximum absolute atomic E-state index is 12.3. The molecule has 0 aliphatic rings. The normalized spacial score (nSPS) is 12.9. The number of aliphatic hydroxyl groups excluding tert-OH is 1. The van der Waals surface area contributed by atoms with Crippen LogP contribution in [0.25, 0.3) is 0 Å². The lowest BCUT2D eigenvalue weighted by Crippen LogP contribution is -2.28. The Morgan fingerprint density at radius 3 is 0.971 bits per heavy atom. The van der Waals surface area contributed by atoms with E-state index in [1.54, 1.807) is 0 Å². The van der Waals surface area contributed by atoms with E-state index in [-0.39, 0.29) is 25.2 Å². The molecule has 0 fully saturated rings. The van der Waals surface area contributed by atoms with Crippen molar-refractivity contribution in [1.29, 1.82) is 0 Å². The van der Waals surface area contributed by atoms with Crippen LogP contribution in [0.5, 0.6) is 0 Å². The third-order valence-electron chi connectivity index (χ3n) is 12.4. The van der Waals surface area contributed by atoms with Crippen LogP contribution in [0.4, 0.5) is 0 Å². The highest BCUT2D eigenvalue weighted by Gasteiger charge is 2.16. The van der Waals surface area contributed by atoms with E-state index in [1.165, 1.54) is 154 Å². The first-order valence-corrected chi connectivity index (χ1v) is 28.8. The molecule has 1 unspecified atom stereocenters. The van der Waals surface area contributed by atoms with Gasteiger partial charge in [-0.05, 0) is 96.3 Å². The van der Waals surface area contributed by atoms with Gasteiger partial charge in [0.1, 0.15) is 6.61 Å². The van der Waals surface area contributed by atoms with E-state index in [2.05, 4.69) is 111 Å². The van der Waals surface area contributed by atoms with Crippen molar-refractivity contribution in [3.05, 3.63) is 97.2 Å². The zero-order valence-corrected chi connectivity index (χ0v) is 44.6. The van der Waals surface area contributed by atoms with Crippen molar-refractivity contribution in [2.24, 2.45) is 0 Å². The number of allylic oxidation sites excluding steroid dienone is 16. The largest absolute Gasteiger partial charge is 0.462 e. The Labute approximate surface area is 421 Å². The van der Waals surface area contributed by atoms with Crippen molar-refractivity contribution < 1.29 is 24.2 Å². The standard InChI is InChI=1S/C63H108O5/c1-3-5-7-9-11-13-15-17-18-19-20-21-22-23-24-25-26-27-28-29-30-31-32-33-34-35-36-37-38-39-40-41-42-43-44-46-48-50-52-54-56-58-63(66)68-61(59-64)60-67-62(65)57-55-53-51-49-47-45-16-14-12-10-8-6-4-2/h5,7,11,13-14,16-18,20-21,23-24,26-27,29-30,61,64H,3-4,6,8-10,12,15,19,22,25,28,31-60H2,1-2H3/b7-5-,13-11-,16-14-,18-17-,21-20-,24-23-,27-26-,30-29-. The first-order valence-electron chi connectivity index (χ1n) is 28.8. The zero-order valence-electron chi connectivity index (χ0n) is 44.6. The van der Waals surface area contributed by atoms with E-state index in [1.807, 2.05) is 0 Å². The molecule has 390 valence electrons. The van der Waals surface area contributed by atoms with Gasteiger partial charge in [0, 0.05) is 12.8 Å². The summed E-state index contributed by atoms with van der Waals surface area (Å²) in [4.78, 5) is 24.4. The van der Waals surface area contributed by atoms with Crippen molar-refractivity contribution in [3.63, 3.8) is 0 Å². The van der Waals surface area contributed by atoms with E-state index < -0.39 is 6.10 Å². The smallest absolute Gasteiger partial charge is 0.306 e. The molecule has 68 heavy (non-hydrogen) atoms. The minimum Gasteiger partial charge on any atom is -0.462 e. The summed E-state index contributed by atoms with van der Waals surface area (Å²) in [7, 11) is 0.